The monoisotopic (exact) mass is 329 g/mol. The van der Waals surface area contributed by atoms with E-state index < -0.39 is 17.4 Å². The first kappa shape index (κ1) is 12.3. The van der Waals surface area contributed by atoms with E-state index in [2.05, 4.69) is 0 Å². The summed E-state index contributed by atoms with van der Waals surface area (Å²) in [7, 11) is 0. The lowest BCUT2D eigenvalue weighted by atomic mass is 10.1. The molecule has 0 aromatic heterocycles. The number of benzene rings is 1. The van der Waals surface area contributed by atoms with Crippen LogP contribution in [0.1, 0.15) is 22.8 Å². The first-order valence-electron chi connectivity index (χ1n) is 3.90. The van der Waals surface area contributed by atoms with Crippen LogP contribution in [0, 0.1) is 3.57 Å². The molecule has 1 aromatic carbocycles. The van der Waals surface area contributed by atoms with Crippen molar-refractivity contribution < 1.29 is 18.0 Å². The van der Waals surface area contributed by atoms with Gasteiger partial charge < -0.3 is 5.73 Å². The smallest absolute Gasteiger partial charge is 0.398 e. The van der Waals surface area contributed by atoms with Gasteiger partial charge in [-0.1, -0.05) is 0 Å². The maximum atomic E-state index is 12.5. The van der Waals surface area contributed by atoms with Crippen molar-refractivity contribution in [1.29, 1.82) is 0 Å². The number of carbonyl (C=O) groups is 1. The van der Waals surface area contributed by atoms with Crippen molar-refractivity contribution in [3.8, 4) is 0 Å². The van der Waals surface area contributed by atoms with Gasteiger partial charge in [0.2, 0.25) is 0 Å². The van der Waals surface area contributed by atoms with E-state index in [1.807, 2.05) is 0 Å². The zero-order chi connectivity index (χ0) is 11.8. The minimum absolute atomic E-state index is 0.0645. The lowest BCUT2D eigenvalue weighted by Crippen LogP contribution is -2.12. The molecule has 0 radical (unpaired) electrons. The van der Waals surface area contributed by atoms with Crippen LogP contribution >= 0.6 is 22.6 Å². The third-order valence-electron chi connectivity index (χ3n) is 1.81. The molecular formula is C9H7F3INO. The van der Waals surface area contributed by atoms with E-state index in [1.165, 1.54) is 35.6 Å². The van der Waals surface area contributed by atoms with Gasteiger partial charge in [-0.2, -0.15) is 13.2 Å². The number of nitrogens with two attached hydrogens (primary N) is 1. The van der Waals surface area contributed by atoms with E-state index in [-0.39, 0.29) is 14.9 Å². The van der Waals surface area contributed by atoms with Crippen LogP contribution in [0.4, 0.5) is 18.9 Å². The topological polar surface area (TPSA) is 43.1 Å². The summed E-state index contributed by atoms with van der Waals surface area (Å²) in [6.45, 7) is 1.28. The van der Waals surface area contributed by atoms with Crippen molar-refractivity contribution >= 4 is 34.1 Å². The largest absolute Gasteiger partial charge is 0.419 e. The molecule has 0 aliphatic heterocycles. The molecule has 0 atom stereocenters. The maximum Gasteiger partial charge on any atom is 0.419 e. The van der Waals surface area contributed by atoms with Crippen LogP contribution in [-0.2, 0) is 6.18 Å². The molecular weight excluding hydrogens is 322 g/mol. The quantitative estimate of drug-likeness (QED) is 0.489. The molecule has 15 heavy (non-hydrogen) atoms. The van der Waals surface area contributed by atoms with E-state index in [0.29, 0.717) is 0 Å². The van der Waals surface area contributed by atoms with Crippen molar-refractivity contribution in [2.45, 2.75) is 13.1 Å². The maximum absolute atomic E-state index is 12.5. The normalized spacial score (nSPS) is 11.5. The number of ketones is 1. The van der Waals surface area contributed by atoms with Gasteiger partial charge in [0.25, 0.3) is 0 Å². The summed E-state index contributed by atoms with van der Waals surface area (Å²) in [4.78, 5) is 11.0. The number of carbonyl (C=O) groups excluding carboxylic acids is 1. The zero-order valence-electron chi connectivity index (χ0n) is 7.65. The van der Waals surface area contributed by atoms with E-state index in [0.717, 1.165) is 6.07 Å². The summed E-state index contributed by atoms with van der Waals surface area (Å²) in [6.07, 6.45) is -4.49. The van der Waals surface area contributed by atoms with Crippen LogP contribution in [0.15, 0.2) is 12.1 Å². The summed E-state index contributed by atoms with van der Waals surface area (Å²) in [5, 5.41) is 0. The Bertz CT molecular complexity index is 391. The highest BCUT2D eigenvalue weighted by atomic mass is 127. The first-order valence-corrected chi connectivity index (χ1v) is 4.98. The molecule has 0 heterocycles. The Hall–Kier alpha value is -0.790. The van der Waals surface area contributed by atoms with Gasteiger partial charge in [-0.3, -0.25) is 4.79 Å². The fraction of sp³-hybridized carbons (Fsp3) is 0.222. The first-order chi connectivity index (χ1) is 6.73. The molecule has 1 rings (SSSR count). The number of nitrogen functional groups attached to an aromatic ring is 1. The molecule has 2 nitrogen and oxygen atoms in total. The summed E-state index contributed by atoms with van der Waals surface area (Å²) < 4.78 is 37.4. The summed E-state index contributed by atoms with van der Waals surface area (Å²) in [5.74, 6) is -0.312. The molecule has 6 heteroatoms. The van der Waals surface area contributed by atoms with Gasteiger partial charge in [0.05, 0.1) is 5.56 Å². The number of anilines is 1. The summed E-state index contributed by atoms with van der Waals surface area (Å²) in [6, 6.07) is 2.23. The number of rotatable bonds is 1. The van der Waals surface area contributed by atoms with Gasteiger partial charge in [0, 0.05) is 14.8 Å². The Morgan fingerprint density at radius 1 is 1.40 bits per heavy atom. The number of halogens is 4. The molecule has 0 saturated carbocycles. The predicted octanol–water partition coefficient (Wildman–Crippen LogP) is 3.09. The molecule has 0 aliphatic carbocycles. The van der Waals surface area contributed by atoms with Gasteiger partial charge in [-0.05, 0) is 41.6 Å². The lowest BCUT2D eigenvalue weighted by molar-refractivity contribution is -0.137. The molecule has 0 fully saturated rings. The standard InChI is InChI=1S/C9H7F3INO/c1-4(15)5-2-6(13)8(7(14)3-5)9(10,11)12/h2-3H,14H2,1H3. The molecule has 0 amide bonds. The fourth-order valence-electron chi connectivity index (χ4n) is 1.13. The van der Waals surface area contributed by atoms with Crippen LogP contribution in [0.25, 0.3) is 0 Å². The van der Waals surface area contributed by atoms with Crippen molar-refractivity contribution in [3.63, 3.8) is 0 Å². The van der Waals surface area contributed by atoms with E-state index in [1.54, 1.807) is 0 Å². The average molecular weight is 329 g/mol. The van der Waals surface area contributed by atoms with Crippen molar-refractivity contribution in [2.75, 3.05) is 5.73 Å². The molecule has 0 spiro atoms. The molecule has 0 unspecified atom stereocenters. The number of alkyl halides is 3. The van der Waals surface area contributed by atoms with Crippen molar-refractivity contribution in [1.82, 2.24) is 0 Å². The Labute approximate surface area is 97.8 Å². The minimum atomic E-state index is -4.49. The minimum Gasteiger partial charge on any atom is -0.398 e. The van der Waals surface area contributed by atoms with E-state index >= 15 is 0 Å². The molecule has 2 N–H and O–H groups in total. The highest BCUT2D eigenvalue weighted by Gasteiger charge is 2.35. The van der Waals surface area contributed by atoms with Gasteiger partial charge in [0.15, 0.2) is 5.78 Å². The number of Topliss-reactive ketones (excluding diaryl/α,β-unsaturated/α-hetero) is 1. The van der Waals surface area contributed by atoms with Crippen LogP contribution in [0.3, 0.4) is 0 Å². The van der Waals surface area contributed by atoms with Gasteiger partial charge >= 0.3 is 6.18 Å². The molecule has 1 aromatic rings. The van der Waals surface area contributed by atoms with E-state index in [4.69, 9.17) is 5.73 Å². The Morgan fingerprint density at radius 2 is 1.93 bits per heavy atom. The second kappa shape index (κ2) is 3.99. The SMILES string of the molecule is CC(=O)c1cc(N)c(C(F)(F)F)c(I)c1. The Kier molecular flexibility index (Phi) is 3.27. The predicted molar refractivity (Wildman–Crippen MR) is 58.6 cm³/mol. The van der Waals surface area contributed by atoms with Crippen LogP contribution < -0.4 is 5.73 Å². The number of hydrogen-bond donors (Lipinski definition) is 1. The molecule has 82 valence electrons. The second-order valence-electron chi connectivity index (χ2n) is 2.98. The van der Waals surface area contributed by atoms with Gasteiger partial charge in [-0.15, -0.1) is 0 Å². The average Bonchev–Trinajstić information content (AvgIpc) is 1.99. The fourth-order valence-corrected chi connectivity index (χ4v) is 2.08. The highest BCUT2D eigenvalue weighted by Crippen LogP contribution is 2.37. The van der Waals surface area contributed by atoms with E-state index in [9.17, 15) is 18.0 Å². The van der Waals surface area contributed by atoms with Crippen LogP contribution in [0.5, 0.6) is 0 Å². The lowest BCUT2D eigenvalue weighted by Gasteiger charge is -2.13. The molecule has 0 bridgehead atoms. The third kappa shape index (κ3) is 2.61. The third-order valence-corrected chi connectivity index (χ3v) is 2.66. The molecule has 0 aliphatic rings. The second-order valence-corrected chi connectivity index (χ2v) is 4.14. The van der Waals surface area contributed by atoms with Crippen LogP contribution in [0.2, 0.25) is 0 Å². The van der Waals surface area contributed by atoms with Crippen molar-refractivity contribution in [3.05, 3.63) is 26.8 Å². The van der Waals surface area contributed by atoms with Gasteiger partial charge in [-0.25, -0.2) is 0 Å². The molecule has 0 saturated heterocycles. The summed E-state index contributed by atoms with van der Waals surface area (Å²) >= 11 is 1.52. The van der Waals surface area contributed by atoms with Crippen LogP contribution in [-0.4, -0.2) is 5.78 Å². The Balaban J connectivity index is 3.41. The van der Waals surface area contributed by atoms with Gasteiger partial charge in [0.1, 0.15) is 0 Å². The van der Waals surface area contributed by atoms with Crippen molar-refractivity contribution in [2.24, 2.45) is 0 Å². The zero-order valence-corrected chi connectivity index (χ0v) is 9.81. The number of hydrogen-bond acceptors (Lipinski definition) is 2. The Morgan fingerprint density at radius 3 is 2.27 bits per heavy atom. The highest BCUT2D eigenvalue weighted by molar-refractivity contribution is 14.1. The summed E-state index contributed by atoms with van der Waals surface area (Å²) in [5.41, 5.74) is 4.16.